The summed E-state index contributed by atoms with van der Waals surface area (Å²) < 4.78 is 6.30. The zero-order valence-electron chi connectivity index (χ0n) is 9.22. The molecule has 0 aliphatic carbocycles. The first-order valence-corrected chi connectivity index (χ1v) is 9.30. The topological polar surface area (TPSA) is 44.7 Å². The molecule has 1 radical (unpaired) electrons. The molecule has 3 fully saturated rings. The molecule has 1 atom stereocenters. The van der Waals surface area contributed by atoms with Gasteiger partial charge >= 0.3 is 107 Å². The van der Waals surface area contributed by atoms with Crippen LogP contribution in [0.25, 0.3) is 0 Å². The van der Waals surface area contributed by atoms with Gasteiger partial charge in [-0.15, -0.1) is 0 Å². The normalized spacial score (nSPS) is 35.8. The van der Waals surface area contributed by atoms with Crippen molar-refractivity contribution in [2.24, 2.45) is 8.90 Å². The second-order valence-electron chi connectivity index (χ2n) is 4.77. The van der Waals surface area contributed by atoms with Gasteiger partial charge in [-0.05, 0) is 0 Å². The SMILES string of the molecule is O=C(N[C@H]1CN2CCC1CC2)C1=[CH][In][N]=C1. The molecule has 3 saturated heterocycles. The average Bonchev–Trinajstić information content (AvgIpc) is 2.84. The van der Waals surface area contributed by atoms with Gasteiger partial charge in [-0.3, -0.25) is 0 Å². The first-order valence-electron chi connectivity index (χ1n) is 5.93. The van der Waals surface area contributed by atoms with Crippen molar-refractivity contribution >= 4 is 35.3 Å². The Morgan fingerprint density at radius 2 is 2.31 bits per heavy atom. The molecule has 83 valence electrons. The van der Waals surface area contributed by atoms with E-state index < -0.39 is 23.2 Å². The molecule has 4 rings (SSSR count). The molecule has 5 heteroatoms. The molecule has 16 heavy (non-hydrogen) atoms. The average molecular weight is 320 g/mol. The minimum atomic E-state index is -0.868. The first kappa shape index (κ1) is 10.8. The number of nitrogens with one attached hydrogen (secondary N) is 1. The van der Waals surface area contributed by atoms with Crippen LogP contribution < -0.4 is 5.32 Å². The number of rotatable bonds is 2. The van der Waals surface area contributed by atoms with Gasteiger partial charge in [-0.1, -0.05) is 0 Å². The van der Waals surface area contributed by atoms with Gasteiger partial charge in [0.1, 0.15) is 0 Å². The molecule has 0 aromatic carbocycles. The monoisotopic (exact) mass is 320 g/mol. The van der Waals surface area contributed by atoms with E-state index in [0.717, 1.165) is 12.1 Å². The molecule has 2 bridgehead atoms. The van der Waals surface area contributed by atoms with E-state index in [-0.39, 0.29) is 5.91 Å². The Labute approximate surface area is 107 Å². The molecular weight excluding hydrogens is 305 g/mol. The van der Waals surface area contributed by atoms with Crippen molar-refractivity contribution in [2.75, 3.05) is 19.6 Å². The van der Waals surface area contributed by atoms with Crippen LogP contribution in [0.15, 0.2) is 12.4 Å². The molecule has 4 aliphatic rings. The molecule has 1 N–H and O–H groups in total. The third-order valence-electron chi connectivity index (χ3n) is 3.79. The molecule has 4 nitrogen and oxygen atoms in total. The van der Waals surface area contributed by atoms with Crippen molar-refractivity contribution in [2.45, 2.75) is 18.9 Å². The fraction of sp³-hybridized carbons (Fsp3) is 0.636. The molecule has 0 saturated carbocycles. The Balaban J connectivity index is 1.62. The van der Waals surface area contributed by atoms with Gasteiger partial charge in [-0.2, -0.15) is 0 Å². The van der Waals surface area contributed by atoms with Crippen LogP contribution in [-0.4, -0.2) is 65.9 Å². The summed E-state index contributed by atoms with van der Waals surface area (Å²) in [4.78, 5) is 14.4. The van der Waals surface area contributed by atoms with Crippen LogP contribution >= 0.6 is 0 Å². The van der Waals surface area contributed by atoms with E-state index in [1.807, 2.05) is 0 Å². The Hall–Kier alpha value is -0.290. The Kier molecular flexibility index (Phi) is 3.07. The minimum absolute atomic E-state index is 0.103. The van der Waals surface area contributed by atoms with Crippen LogP contribution in [0.4, 0.5) is 0 Å². The zero-order chi connectivity index (χ0) is 11.0. The number of piperidine rings is 3. The third-order valence-corrected chi connectivity index (χ3v) is 6.16. The molecule has 4 aliphatic heterocycles. The van der Waals surface area contributed by atoms with Crippen molar-refractivity contribution < 1.29 is 4.79 Å². The number of fused-ring (bicyclic) bond motifs is 3. The molecule has 0 unspecified atom stereocenters. The Morgan fingerprint density at radius 3 is 2.88 bits per heavy atom. The number of carbonyl (C=O) groups excluding carboxylic acids is 1. The standard InChI is InChI=1S/C11H15N3O.In/c1-8(6-12)11(15)13-10-7-14-4-2-9(10)3-5-14;/h1,6,9-10H,2-5,7H2,(H,13,15);/q-1;+1/t10-;/m0./s1. The molecule has 1 amide bonds. The van der Waals surface area contributed by atoms with Gasteiger partial charge < -0.3 is 0 Å². The van der Waals surface area contributed by atoms with Crippen molar-refractivity contribution in [3.05, 3.63) is 9.41 Å². The summed E-state index contributed by atoms with van der Waals surface area (Å²) in [5, 5.41) is 3.18. The first-order chi connectivity index (χ1) is 7.83. The zero-order valence-corrected chi connectivity index (χ0v) is 12.5. The van der Waals surface area contributed by atoms with Crippen LogP contribution in [0.3, 0.4) is 0 Å². The van der Waals surface area contributed by atoms with E-state index in [2.05, 4.69) is 17.0 Å². The predicted octanol–water partition coefficient (Wildman–Crippen LogP) is -0.216. The second-order valence-corrected chi connectivity index (χ2v) is 7.42. The fourth-order valence-corrected chi connectivity index (χ4v) is 4.89. The van der Waals surface area contributed by atoms with Gasteiger partial charge in [-0.25, -0.2) is 0 Å². The molecule has 4 heterocycles. The number of amides is 1. The predicted molar refractivity (Wildman–Crippen MR) is 63.4 cm³/mol. The van der Waals surface area contributed by atoms with E-state index in [0.29, 0.717) is 12.0 Å². The van der Waals surface area contributed by atoms with Crippen LogP contribution in [0.1, 0.15) is 12.8 Å². The molecular formula is C11H15InN3O. The Bertz CT molecular complexity index is 358. The van der Waals surface area contributed by atoms with Gasteiger partial charge in [0, 0.05) is 0 Å². The fourth-order valence-electron chi connectivity index (χ4n) is 2.80. The summed E-state index contributed by atoms with van der Waals surface area (Å²) >= 11 is -0.868. The second kappa shape index (κ2) is 4.53. The summed E-state index contributed by atoms with van der Waals surface area (Å²) in [5.74, 6) is 0.806. The molecule has 0 aromatic heterocycles. The quantitative estimate of drug-likeness (QED) is 0.765. The Morgan fingerprint density at radius 1 is 1.50 bits per heavy atom. The van der Waals surface area contributed by atoms with E-state index in [4.69, 9.17) is 0 Å². The van der Waals surface area contributed by atoms with Crippen molar-refractivity contribution in [1.29, 1.82) is 0 Å². The summed E-state index contributed by atoms with van der Waals surface area (Å²) in [6.45, 7) is 3.48. The van der Waals surface area contributed by atoms with Gasteiger partial charge in [0.05, 0.1) is 0 Å². The van der Waals surface area contributed by atoms with Gasteiger partial charge in [0.15, 0.2) is 0 Å². The van der Waals surface area contributed by atoms with E-state index in [1.165, 1.54) is 25.9 Å². The van der Waals surface area contributed by atoms with Gasteiger partial charge in [0.25, 0.3) is 0 Å². The number of hydrogen-bond donors (Lipinski definition) is 1. The molecule has 0 aromatic rings. The van der Waals surface area contributed by atoms with E-state index >= 15 is 0 Å². The summed E-state index contributed by atoms with van der Waals surface area (Å²) in [6.07, 6.45) is 4.25. The third kappa shape index (κ3) is 2.07. The summed E-state index contributed by atoms with van der Waals surface area (Å²) in [5.41, 5.74) is 0.817. The van der Waals surface area contributed by atoms with Crippen molar-refractivity contribution in [1.82, 2.24) is 10.2 Å². The maximum absolute atomic E-state index is 11.9. The van der Waals surface area contributed by atoms with Gasteiger partial charge in [0.2, 0.25) is 0 Å². The number of carbonyl (C=O) groups is 1. The van der Waals surface area contributed by atoms with Crippen LogP contribution in [0.2, 0.25) is 0 Å². The maximum atomic E-state index is 11.9. The van der Waals surface area contributed by atoms with Crippen LogP contribution in [0, 0.1) is 5.92 Å². The summed E-state index contributed by atoms with van der Waals surface area (Å²) in [6, 6.07) is 0.373. The molecule has 0 spiro atoms. The van der Waals surface area contributed by atoms with Crippen LogP contribution in [-0.2, 0) is 4.79 Å². The summed E-state index contributed by atoms with van der Waals surface area (Å²) in [7, 11) is 0. The van der Waals surface area contributed by atoms with E-state index in [1.54, 1.807) is 6.21 Å². The van der Waals surface area contributed by atoms with E-state index in [9.17, 15) is 4.79 Å². The number of hydrogen-bond acceptors (Lipinski definition) is 3. The van der Waals surface area contributed by atoms with Crippen LogP contribution in [0.5, 0.6) is 0 Å². The van der Waals surface area contributed by atoms with Crippen molar-refractivity contribution in [3.63, 3.8) is 0 Å². The number of nitrogens with zero attached hydrogens (tertiary/aromatic N) is 2. The van der Waals surface area contributed by atoms with Crippen molar-refractivity contribution in [3.8, 4) is 0 Å².